The summed E-state index contributed by atoms with van der Waals surface area (Å²) in [5, 5.41) is 0. The molecule has 29 heavy (non-hydrogen) atoms. The topological polar surface area (TPSA) is 48.0 Å². The molecule has 2 atom stereocenters. The van der Waals surface area contributed by atoms with Crippen LogP contribution < -0.4 is 0 Å². The molecule has 0 aromatic heterocycles. The van der Waals surface area contributed by atoms with Crippen LogP contribution in [0.2, 0.25) is 0 Å². The minimum absolute atomic E-state index is 0.00798. The van der Waals surface area contributed by atoms with E-state index in [0.717, 1.165) is 11.1 Å². The van der Waals surface area contributed by atoms with Gasteiger partial charge in [0, 0.05) is 13.5 Å². The van der Waals surface area contributed by atoms with Crippen LogP contribution in [0.15, 0.2) is 60.7 Å². The van der Waals surface area contributed by atoms with E-state index in [0.29, 0.717) is 32.8 Å². The van der Waals surface area contributed by atoms with Gasteiger partial charge in [0.2, 0.25) is 5.91 Å². The summed E-state index contributed by atoms with van der Waals surface area (Å²) in [6.07, 6.45) is 0.521. The van der Waals surface area contributed by atoms with Gasteiger partial charge in [0.25, 0.3) is 0 Å². The molecule has 1 aliphatic heterocycles. The highest BCUT2D eigenvalue weighted by molar-refractivity contribution is 5.74. The number of nitrogens with zero attached hydrogens (tertiary/aromatic N) is 1. The highest BCUT2D eigenvalue weighted by Crippen LogP contribution is 2.34. The second-order valence-electron chi connectivity index (χ2n) is 7.89. The molecular formula is C24H31NO4. The first-order valence-electron chi connectivity index (χ1n) is 10.2. The van der Waals surface area contributed by atoms with Crippen molar-refractivity contribution in [3.8, 4) is 0 Å². The summed E-state index contributed by atoms with van der Waals surface area (Å²) < 4.78 is 18.0. The first kappa shape index (κ1) is 21.5. The average Bonchev–Trinajstić information content (AvgIpc) is 2.96. The van der Waals surface area contributed by atoms with Crippen molar-refractivity contribution in [3.05, 3.63) is 71.8 Å². The quantitative estimate of drug-likeness (QED) is 0.596. The van der Waals surface area contributed by atoms with Gasteiger partial charge in [-0.1, -0.05) is 60.7 Å². The average molecular weight is 398 g/mol. The van der Waals surface area contributed by atoms with E-state index in [1.165, 1.54) is 0 Å². The number of hydrogen-bond donors (Lipinski definition) is 0. The van der Waals surface area contributed by atoms with Crippen LogP contribution >= 0.6 is 0 Å². The third kappa shape index (κ3) is 5.89. The molecule has 1 fully saturated rings. The van der Waals surface area contributed by atoms with Gasteiger partial charge in [0.05, 0.1) is 25.9 Å². The maximum Gasteiger partial charge on any atom is 0.222 e. The van der Waals surface area contributed by atoms with E-state index in [-0.39, 0.29) is 18.1 Å². The van der Waals surface area contributed by atoms with Crippen molar-refractivity contribution in [2.75, 3.05) is 13.2 Å². The van der Waals surface area contributed by atoms with Gasteiger partial charge in [-0.25, -0.2) is 0 Å². The van der Waals surface area contributed by atoms with Crippen LogP contribution in [0.3, 0.4) is 0 Å². The molecule has 0 aliphatic carbocycles. The van der Waals surface area contributed by atoms with Gasteiger partial charge in [-0.05, 0) is 31.4 Å². The molecule has 3 rings (SSSR count). The molecule has 0 bridgehead atoms. The van der Waals surface area contributed by atoms with Crippen LogP contribution in [0.4, 0.5) is 0 Å². The molecule has 156 valence electrons. The number of hydrogen-bond acceptors (Lipinski definition) is 4. The van der Waals surface area contributed by atoms with E-state index < -0.39 is 5.72 Å². The van der Waals surface area contributed by atoms with Crippen molar-refractivity contribution < 1.29 is 19.0 Å². The summed E-state index contributed by atoms with van der Waals surface area (Å²) in [5.41, 5.74) is 1.61. The Labute approximate surface area is 173 Å². The van der Waals surface area contributed by atoms with Crippen LogP contribution in [-0.2, 0) is 32.2 Å². The maximum atomic E-state index is 12.3. The summed E-state index contributed by atoms with van der Waals surface area (Å²) in [5.74, 6) is 0.00798. The molecule has 2 aromatic rings. The van der Waals surface area contributed by atoms with Gasteiger partial charge in [-0.3, -0.25) is 4.79 Å². The zero-order valence-electron chi connectivity index (χ0n) is 17.5. The van der Waals surface area contributed by atoms with E-state index in [1.54, 1.807) is 6.92 Å². The lowest BCUT2D eigenvalue weighted by atomic mass is 10.1. The molecule has 1 amide bonds. The summed E-state index contributed by atoms with van der Waals surface area (Å²) in [6, 6.07) is 20.1. The summed E-state index contributed by atoms with van der Waals surface area (Å²) in [7, 11) is 0. The Balaban J connectivity index is 1.56. The fourth-order valence-electron chi connectivity index (χ4n) is 3.98. The third-order valence-electron chi connectivity index (χ3n) is 5.18. The monoisotopic (exact) mass is 397 g/mol. The molecule has 0 radical (unpaired) electrons. The van der Waals surface area contributed by atoms with E-state index in [2.05, 4.69) is 0 Å². The Hall–Kier alpha value is -2.21. The second-order valence-corrected chi connectivity index (χ2v) is 7.89. The summed E-state index contributed by atoms with van der Waals surface area (Å²) in [6.45, 7) is 7.54. The lowest BCUT2D eigenvalue weighted by molar-refractivity contribution is -0.146. The molecule has 5 heteroatoms. The lowest BCUT2D eigenvalue weighted by Gasteiger charge is -2.32. The minimum Gasteiger partial charge on any atom is -0.377 e. The number of ether oxygens (including phenoxy) is 3. The molecule has 0 N–H and O–H groups in total. The first-order valence-corrected chi connectivity index (χ1v) is 10.2. The molecule has 5 nitrogen and oxygen atoms in total. The van der Waals surface area contributed by atoms with Gasteiger partial charge in [-0.2, -0.15) is 0 Å². The standard InChI is InChI=1S/C24H31NO4/c1-19(26)25-22(14-15-27-16-20-10-6-4-7-11-20)23(29-24(25,2)3)18-28-17-21-12-8-5-9-13-21/h4-13,22-23H,14-18H2,1-3H3. The van der Waals surface area contributed by atoms with E-state index >= 15 is 0 Å². The molecular weight excluding hydrogens is 366 g/mol. The Kier molecular flexibility index (Phi) is 7.42. The van der Waals surface area contributed by atoms with Crippen LogP contribution in [0.5, 0.6) is 0 Å². The third-order valence-corrected chi connectivity index (χ3v) is 5.18. The largest absolute Gasteiger partial charge is 0.377 e. The van der Waals surface area contributed by atoms with Gasteiger partial charge in [-0.15, -0.1) is 0 Å². The molecule has 0 spiro atoms. The smallest absolute Gasteiger partial charge is 0.222 e. The van der Waals surface area contributed by atoms with E-state index in [4.69, 9.17) is 14.2 Å². The van der Waals surface area contributed by atoms with Gasteiger partial charge in [0.15, 0.2) is 0 Å². The van der Waals surface area contributed by atoms with Crippen LogP contribution in [0, 0.1) is 0 Å². The summed E-state index contributed by atoms with van der Waals surface area (Å²) >= 11 is 0. The molecule has 1 saturated heterocycles. The molecule has 1 heterocycles. The normalized spacial score (nSPS) is 20.7. The SMILES string of the molecule is CC(=O)N1C(CCOCc2ccccc2)C(COCc2ccccc2)OC1(C)C. The highest BCUT2D eigenvalue weighted by Gasteiger charge is 2.48. The number of carbonyl (C=O) groups excluding carboxylic acids is 1. The van der Waals surface area contributed by atoms with Gasteiger partial charge < -0.3 is 19.1 Å². The van der Waals surface area contributed by atoms with Gasteiger partial charge >= 0.3 is 0 Å². The van der Waals surface area contributed by atoms with Crippen molar-refractivity contribution in [3.63, 3.8) is 0 Å². The van der Waals surface area contributed by atoms with Crippen molar-refractivity contribution >= 4 is 5.91 Å². The fraction of sp³-hybridized carbons (Fsp3) is 0.458. The Morgan fingerprint density at radius 2 is 1.52 bits per heavy atom. The van der Waals surface area contributed by atoms with Crippen molar-refractivity contribution in [2.24, 2.45) is 0 Å². The zero-order valence-corrected chi connectivity index (χ0v) is 17.5. The number of amides is 1. The van der Waals surface area contributed by atoms with Gasteiger partial charge in [0.1, 0.15) is 11.8 Å². The zero-order chi connectivity index (χ0) is 20.7. The molecule has 2 unspecified atom stereocenters. The number of rotatable bonds is 9. The number of carbonyl (C=O) groups is 1. The molecule has 0 saturated carbocycles. The maximum absolute atomic E-state index is 12.3. The Bertz CT molecular complexity index is 763. The van der Waals surface area contributed by atoms with Crippen LogP contribution in [0.1, 0.15) is 38.3 Å². The summed E-state index contributed by atoms with van der Waals surface area (Å²) in [4.78, 5) is 14.2. The molecule has 1 aliphatic rings. The predicted octanol–water partition coefficient (Wildman–Crippen LogP) is 4.16. The van der Waals surface area contributed by atoms with Crippen molar-refractivity contribution in [1.29, 1.82) is 0 Å². The van der Waals surface area contributed by atoms with E-state index in [1.807, 2.05) is 79.4 Å². The van der Waals surface area contributed by atoms with Crippen molar-refractivity contribution in [1.82, 2.24) is 4.90 Å². The molecule has 2 aromatic carbocycles. The fourth-order valence-corrected chi connectivity index (χ4v) is 3.98. The second kappa shape index (κ2) is 10.0. The number of benzene rings is 2. The Morgan fingerprint density at radius 1 is 0.966 bits per heavy atom. The highest BCUT2D eigenvalue weighted by atomic mass is 16.6. The predicted molar refractivity (Wildman–Crippen MR) is 112 cm³/mol. The van der Waals surface area contributed by atoms with Crippen LogP contribution in [-0.4, -0.2) is 41.9 Å². The minimum atomic E-state index is -0.656. The van der Waals surface area contributed by atoms with Crippen molar-refractivity contribution in [2.45, 2.75) is 58.3 Å². The first-order chi connectivity index (χ1) is 14.0. The lowest BCUT2D eigenvalue weighted by Crippen LogP contribution is -2.48. The Morgan fingerprint density at radius 3 is 2.07 bits per heavy atom. The van der Waals surface area contributed by atoms with E-state index in [9.17, 15) is 4.79 Å². The van der Waals surface area contributed by atoms with Crippen LogP contribution in [0.25, 0.3) is 0 Å².